The van der Waals surface area contributed by atoms with Gasteiger partial charge < -0.3 is 10.1 Å². The van der Waals surface area contributed by atoms with E-state index < -0.39 is 0 Å². The third-order valence-electron chi connectivity index (χ3n) is 6.04. The highest BCUT2D eigenvalue weighted by molar-refractivity contribution is 5.79. The Balaban J connectivity index is 1.21. The summed E-state index contributed by atoms with van der Waals surface area (Å²) in [6.45, 7) is 2.70. The number of hydrogen-bond acceptors (Lipinski definition) is 4. The van der Waals surface area contributed by atoms with Crippen LogP contribution in [0, 0.1) is 0 Å². The third kappa shape index (κ3) is 5.21. The topological polar surface area (TPSA) is 54.5 Å². The van der Waals surface area contributed by atoms with Gasteiger partial charge in [-0.15, -0.1) is 0 Å². The summed E-state index contributed by atoms with van der Waals surface area (Å²) in [4.78, 5) is 19.3. The van der Waals surface area contributed by atoms with Crippen LogP contribution in [0.25, 0.3) is 10.9 Å². The van der Waals surface area contributed by atoms with Gasteiger partial charge in [0, 0.05) is 49.7 Å². The smallest absolute Gasteiger partial charge is 0.221 e. The molecule has 5 nitrogen and oxygen atoms in total. The molecule has 4 aromatic rings. The van der Waals surface area contributed by atoms with Crippen molar-refractivity contribution >= 4 is 16.8 Å². The van der Waals surface area contributed by atoms with Gasteiger partial charge >= 0.3 is 0 Å². The summed E-state index contributed by atoms with van der Waals surface area (Å²) in [6, 6.07) is 28.5. The van der Waals surface area contributed by atoms with Crippen molar-refractivity contribution in [1.29, 1.82) is 0 Å². The second kappa shape index (κ2) is 9.84. The molecule has 1 N–H and O–H groups in total. The van der Waals surface area contributed by atoms with Gasteiger partial charge in [0.15, 0.2) is 0 Å². The molecular weight excluding hydrogens is 410 g/mol. The quantitative estimate of drug-likeness (QED) is 0.467. The monoisotopic (exact) mass is 437 g/mol. The largest absolute Gasteiger partial charge is 0.484 e. The highest BCUT2D eigenvalue weighted by Crippen LogP contribution is 2.31. The molecule has 2 heterocycles. The average Bonchev–Trinajstić information content (AvgIpc) is 3.06. The van der Waals surface area contributed by atoms with Gasteiger partial charge in [0.05, 0.1) is 5.52 Å². The number of benzene rings is 3. The lowest BCUT2D eigenvalue weighted by molar-refractivity contribution is -0.121. The van der Waals surface area contributed by atoms with Crippen LogP contribution in [-0.4, -0.2) is 28.9 Å². The van der Waals surface area contributed by atoms with Gasteiger partial charge in [-0.3, -0.25) is 14.7 Å². The SMILES string of the molecule is O=C(CCN1Cc2ccccc2O[C@H](c2ccccc2)C1)NCc1ccc2ncccc2c1. The van der Waals surface area contributed by atoms with E-state index in [9.17, 15) is 4.79 Å². The maximum Gasteiger partial charge on any atom is 0.221 e. The molecule has 166 valence electrons. The molecule has 0 spiro atoms. The Hall–Kier alpha value is -3.70. The minimum absolute atomic E-state index is 0.0518. The standard InChI is InChI=1S/C28H27N3O2/c32-28(30-18-21-12-13-25-23(17-21)10-6-15-29-25)14-16-31-19-24-9-4-5-11-26(24)33-27(20-31)22-7-2-1-3-8-22/h1-13,15,17,27H,14,16,18-20H2,(H,30,32)/t27-/m0/s1. The van der Waals surface area contributed by atoms with Crippen LogP contribution in [0.1, 0.15) is 29.2 Å². The number of hydrogen-bond donors (Lipinski definition) is 1. The summed E-state index contributed by atoms with van der Waals surface area (Å²) in [7, 11) is 0. The van der Waals surface area contributed by atoms with Crippen LogP contribution < -0.4 is 10.1 Å². The molecule has 0 bridgehead atoms. The number of pyridine rings is 1. The first-order valence-electron chi connectivity index (χ1n) is 11.4. The summed E-state index contributed by atoms with van der Waals surface area (Å²) in [5, 5.41) is 4.15. The minimum Gasteiger partial charge on any atom is -0.484 e. The zero-order valence-electron chi connectivity index (χ0n) is 18.5. The van der Waals surface area contributed by atoms with Gasteiger partial charge in [0.2, 0.25) is 5.91 Å². The number of nitrogens with zero attached hydrogens (tertiary/aromatic N) is 2. The fraction of sp³-hybridized carbons (Fsp3) is 0.214. The fourth-order valence-corrected chi connectivity index (χ4v) is 4.28. The van der Waals surface area contributed by atoms with E-state index in [1.54, 1.807) is 6.20 Å². The van der Waals surface area contributed by atoms with Crippen LogP contribution in [0.2, 0.25) is 0 Å². The Morgan fingerprint density at radius 2 is 1.85 bits per heavy atom. The van der Waals surface area contributed by atoms with Crippen molar-refractivity contribution in [3.8, 4) is 5.75 Å². The Morgan fingerprint density at radius 1 is 1.00 bits per heavy atom. The number of rotatable bonds is 6. The molecule has 33 heavy (non-hydrogen) atoms. The van der Waals surface area contributed by atoms with Gasteiger partial charge in [0.25, 0.3) is 0 Å². The number of para-hydroxylation sites is 1. The number of ether oxygens (including phenoxy) is 1. The first-order valence-corrected chi connectivity index (χ1v) is 11.4. The van der Waals surface area contributed by atoms with E-state index in [-0.39, 0.29) is 12.0 Å². The first kappa shape index (κ1) is 21.2. The Labute approximate surface area is 194 Å². The summed E-state index contributed by atoms with van der Waals surface area (Å²) < 4.78 is 6.37. The predicted molar refractivity (Wildman–Crippen MR) is 130 cm³/mol. The molecule has 0 unspecified atom stereocenters. The van der Waals surface area contributed by atoms with Crippen molar-refractivity contribution in [2.24, 2.45) is 0 Å². The zero-order valence-corrected chi connectivity index (χ0v) is 18.5. The summed E-state index contributed by atoms with van der Waals surface area (Å²) >= 11 is 0. The maximum absolute atomic E-state index is 12.6. The van der Waals surface area contributed by atoms with Crippen LogP contribution in [0.4, 0.5) is 0 Å². The molecule has 0 fully saturated rings. The molecule has 5 heteroatoms. The molecule has 0 saturated carbocycles. The third-order valence-corrected chi connectivity index (χ3v) is 6.04. The highest BCUT2D eigenvalue weighted by atomic mass is 16.5. The molecule has 0 saturated heterocycles. The Kier molecular flexibility index (Phi) is 6.31. The fourth-order valence-electron chi connectivity index (χ4n) is 4.28. The molecule has 0 radical (unpaired) electrons. The summed E-state index contributed by atoms with van der Waals surface area (Å²) in [6.07, 6.45) is 2.17. The van der Waals surface area contributed by atoms with Crippen molar-refractivity contribution in [3.05, 3.63) is 108 Å². The van der Waals surface area contributed by atoms with Crippen molar-refractivity contribution < 1.29 is 9.53 Å². The van der Waals surface area contributed by atoms with Gasteiger partial charge in [0.1, 0.15) is 11.9 Å². The van der Waals surface area contributed by atoms with E-state index in [1.165, 1.54) is 0 Å². The zero-order chi connectivity index (χ0) is 22.5. The van der Waals surface area contributed by atoms with Crippen LogP contribution in [0.15, 0.2) is 91.1 Å². The van der Waals surface area contributed by atoms with Gasteiger partial charge in [-0.2, -0.15) is 0 Å². The molecule has 5 rings (SSSR count). The van der Waals surface area contributed by atoms with Crippen molar-refractivity contribution in [3.63, 3.8) is 0 Å². The lowest BCUT2D eigenvalue weighted by Gasteiger charge is -2.24. The van der Waals surface area contributed by atoms with Gasteiger partial charge in [-0.05, 0) is 35.4 Å². The molecular formula is C28H27N3O2. The number of carbonyl (C=O) groups is 1. The van der Waals surface area contributed by atoms with E-state index in [1.807, 2.05) is 60.7 Å². The number of carbonyl (C=O) groups excluding carboxylic acids is 1. The maximum atomic E-state index is 12.6. The molecule has 1 aromatic heterocycles. The summed E-state index contributed by atoms with van der Waals surface area (Å²) in [5.41, 5.74) is 4.34. The molecule has 1 amide bonds. The molecule has 0 aliphatic carbocycles. The molecule has 1 aliphatic rings. The molecule has 1 atom stereocenters. The van der Waals surface area contributed by atoms with E-state index in [0.29, 0.717) is 19.5 Å². The highest BCUT2D eigenvalue weighted by Gasteiger charge is 2.24. The minimum atomic E-state index is -0.0656. The van der Waals surface area contributed by atoms with E-state index >= 15 is 0 Å². The van der Waals surface area contributed by atoms with E-state index in [0.717, 1.165) is 46.4 Å². The number of amides is 1. The van der Waals surface area contributed by atoms with E-state index in [2.05, 4.69) is 39.5 Å². The molecule has 3 aromatic carbocycles. The Bertz CT molecular complexity index is 1240. The van der Waals surface area contributed by atoms with Crippen molar-refractivity contribution in [2.75, 3.05) is 13.1 Å². The lowest BCUT2D eigenvalue weighted by atomic mass is 10.1. The second-order valence-corrected chi connectivity index (χ2v) is 8.42. The number of fused-ring (bicyclic) bond motifs is 2. The number of nitrogens with one attached hydrogen (secondary N) is 1. The van der Waals surface area contributed by atoms with Gasteiger partial charge in [-0.25, -0.2) is 0 Å². The lowest BCUT2D eigenvalue weighted by Crippen LogP contribution is -2.33. The van der Waals surface area contributed by atoms with Crippen molar-refractivity contribution in [1.82, 2.24) is 15.2 Å². The van der Waals surface area contributed by atoms with Gasteiger partial charge in [-0.1, -0.05) is 60.7 Å². The van der Waals surface area contributed by atoms with Crippen LogP contribution in [0.3, 0.4) is 0 Å². The van der Waals surface area contributed by atoms with Crippen molar-refractivity contribution in [2.45, 2.75) is 25.6 Å². The predicted octanol–water partition coefficient (Wildman–Crippen LogP) is 4.88. The Morgan fingerprint density at radius 3 is 2.76 bits per heavy atom. The summed E-state index contributed by atoms with van der Waals surface area (Å²) in [5.74, 6) is 0.972. The van der Waals surface area contributed by atoms with E-state index in [4.69, 9.17) is 4.74 Å². The van der Waals surface area contributed by atoms with Crippen LogP contribution >= 0.6 is 0 Å². The average molecular weight is 438 g/mol. The normalized spacial score (nSPS) is 15.9. The van der Waals surface area contributed by atoms with Crippen LogP contribution in [-0.2, 0) is 17.9 Å². The molecule has 1 aliphatic heterocycles. The van der Waals surface area contributed by atoms with Crippen LogP contribution in [0.5, 0.6) is 5.75 Å². The number of aromatic nitrogens is 1. The second-order valence-electron chi connectivity index (χ2n) is 8.42. The first-order chi connectivity index (χ1) is 16.2.